The predicted molar refractivity (Wildman–Crippen MR) is 125 cm³/mol. The summed E-state index contributed by atoms with van der Waals surface area (Å²) in [6.07, 6.45) is -5.16. The molecule has 0 spiro atoms. The second-order valence-corrected chi connectivity index (χ2v) is 10.6. The molecule has 0 unspecified atom stereocenters. The summed E-state index contributed by atoms with van der Waals surface area (Å²) >= 11 is 6.17. The molecule has 13 heteroatoms. The number of rotatable bonds is 6. The van der Waals surface area contributed by atoms with E-state index in [4.69, 9.17) is 11.6 Å². The smallest absolute Gasteiger partial charge is 0.349 e. The van der Waals surface area contributed by atoms with E-state index in [0.717, 1.165) is 40.7 Å². The van der Waals surface area contributed by atoms with E-state index < -0.39 is 52.2 Å². The third kappa shape index (κ3) is 5.91. The van der Waals surface area contributed by atoms with Crippen molar-refractivity contribution in [3.63, 3.8) is 0 Å². The van der Waals surface area contributed by atoms with Gasteiger partial charge < -0.3 is 5.32 Å². The molecule has 1 saturated heterocycles. The van der Waals surface area contributed by atoms with E-state index in [0.29, 0.717) is 11.1 Å². The number of aromatic nitrogens is 1. The van der Waals surface area contributed by atoms with Crippen LogP contribution in [0.15, 0.2) is 65.7 Å². The number of alkyl halides is 4. The number of carbonyl (C=O) groups is 1. The number of nitrogens with zero attached hydrogens (tertiary/aromatic N) is 2. The van der Waals surface area contributed by atoms with E-state index in [-0.39, 0.29) is 28.6 Å². The van der Waals surface area contributed by atoms with Crippen molar-refractivity contribution < 1.29 is 35.2 Å². The van der Waals surface area contributed by atoms with Crippen LogP contribution in [0.4, 0.5) is 22.0 Å². The standard InChI is InChI=1S/C24H19ClF5N3O3S/c25-21-12-31-18(10-20(21)14-1-3-15(4-2-14)24(28,29)30)11-32-23(34)22-9-17(27)13-33(22)37(35,36)19-7-5-16(26)6-8-19/h1-8,10,12,17,22H,9,11,13H2,(H,32,34)/t17-,22+/m1/s1. The van der Waals surface area contributed by atoms with Crippen molar-refractivity contribution in [2.45, 2.75) is 36.3 Å². The minimum atomic E-state index is -4.49. The molecule has 196 valence electrons. The zero-order chi connectivity index (χ0) is 27.0. The van der Waals surface area contributed by atoms with Crippen LogP contribution >= 0.6 is 11.6 Å². The lowest BCUT2D eigenvalue weighted by atomic mass is 10.0. The zero-order valence-electron chi connectivity index (χ0n) is 18.8. The van der Waals surface area contributed by atoms with Crippen LogP contribution in [0.25, 0.3) is 11.1 Å². The number of hydrogen-bond donors (Lipinski definition) is 1. The molecular weight excluding hydrogens is 541 g/mol. The monoisotopic (exact) mass is 559 g/mol. The molecule has 0 radical (unpaired) electrons. The van der Waals surface area contributed by atoms with Crippen molar-refractivity contribution in [2.24, 2.45) is 0 Å². The Kier molecular flexibility index (Phi) is 7.54. The van der Waals surface area contributed by atoms with E-state index >= 15 is 0 Å². The molecule has 37 heavy (non-hydrogen) atoms. The highest BCUT2D eigenvalue weighted by Crippen LogP contribution is 2.33. The van der Waals surface area contributed by atoms with Crippen molar-refractivity contribution in [2.75, 3.05) is 6.54 Å². The molecule has 1 aromatic heterocycles. The van der Waals surface area contributed by atoms with Gasteiger partial charge in [-0.15, -0.1) is 0 Å². The van der Waals surface area contributed by atoms with Crippen LogP contribution in [-0.2, 0) is 27.5 Å². The molecule has 1 aliphatic heterocycles. The predicted octanol–water partition coefficient (Wildman–Crippen LogP) is 4.98. The Balaban J connectivity index is 1.50. The van der Waals surface area contributed by atoms with Crippen LogP contribution in [0, 0.1) is 5.82 Å². The molecule has 1 fully saturated rings. The van der Waals surface area contributed by atoms with Crippen molar-refractivity contribution in [1.82, 2.24) is 14.6 Å². The van der Waals surface area contributed by atoms with Gasteiger partial charge in [0.25, 0.3) is 0 Å². The summed E-state index contributed by atoms with van der Waals surface area (Å²) in [6, 6.07) is 8.44. The third-order valence-electron chi connectivity index (χ3n) is 5.81. The molecule has 2 heterocycles. The lowest BCUT2D eigenvalue weighted by Gasteiger charge is -2.23. The fraction of sp³-hybridized carbons (Fsp3) is 0.250. The fourth-order valence-corrected chi connectivity index (χ4v) is 5.77. The lowest BCUT2D eigenvalue weighted by Crippen LogP contribution is -2.45. The van der Waals surface area contributed by atoms with Crippen molar-refractivity contribution in [1.29, 1.82) is 0 Å². The van der Waals surface area contributed by atoms with Gasteiger partial charge in [-0.25, -0.2) is 17.2 Å². The van der Waals surface area contributed by atoms with Gasteiger partial charge in [0, 0.05) is 24.7 Å². The second kappa shape index (κ2) is 10.3. The molecule has 1 N–H and O–H groups in total. The maximum absolute atomic E-state index is 14.2. The zero-order valence-corrected chi connectivity index (χ0v) is 20.4. The molecule has 6 nitrogen and oxygen atoms in total. The molecular formula is C24H19ClF5N3O3S. The highest BCUT2D eigenvalue weighted by atomic mass is 35.5. The second-order valence-electron chi connectivity index (χ2n) is 8.33. The van der Waals surface area contributed by atoms with Crippen LogP contribution in [0.3, 0.4) is 0 Å². The van der Waals surface area contributed by atoms with E-state index in [1.807, 2.05) is 0 Å². The van der Waals surface area contributed by atoms with Crippen LogP contribution in [0.1, 0.15) is 17.7 Å². The Morgan fingerprint density at radius 1 is 1.11 bits per heavy atom. The topological polar surface area (TPSA) is 79.4 Å². The largest absolute Gasteiger partial charge is 0.416 e. The van der Waals surface area contributed by atoms with Gasteiger partial charge in [0.15, 0.2) is 0 Å². The van der Waals surface area contributed by atoms with Crippen molar-refractivity contribution >= 4 is 27.5 Å². The summed E-state index contributed by atoms with van der Waals surface area (Å²) in [6.45, 7) is -0.712. The summed E-state index contributed by atoms with van der Waals surface area (Å²) in [5.41, 5.74) is 0.229. The molecule has 0 saturated carbocycles. The quantitative estimate of drug-likeness (QED) is 0.432. The Morgan fingerprint density at radius 3 is 2.38 bits per heavy atom. The molecule has 0 aliphatic carbocycles. The first-order chi connectivity index (χ1) is 17.4. The number of sulfonamides is 1. The maximum Gasteiger partial charge on any atom is 0.416 e. The average molecular weight is 560 g/mol. The summed E-state index contributed by atoms with van der Waals surface area (Å²) in [4.78, 5) is 16.7. The highest BCUT2D eigenvalue weighted by Gasteiger charge is 2.44. The third-order valence-corrected chi connectivity index (χ3v) is 8.00. The van der Waals surface area contributed by atoms with Crippen molar-refractivity contribution in [3.8, 4) is 11.1 Å². The van der Waals surface area contributed by atoms with E-state index in [9.17, 15) is 35.2 Å². The number of nitrogens with one attached hydrogen (secondary N) is 1. The number of halogens is 6. The van der Waals surface area contributed by atoms with Gasteiger partial charge in [-0.1, -0.05) is 23.7 Å². The van der Waals surface area contributed by atoms with Gasteiger partial charge in [-0.2, -0.15) is 17.5 Å². The first-order valence-electron chi connectivity index (χ1n) is 10.9. The van der Waals surface area contributed by atoms with Gasteiger partial charge in [0.2, 0.25) is 15.9 Å². The average Bonchev–Trinajstić information content (AvgIpc) is 3.26. The van der Waals surface area contributed by atoms with Gasteiger partial charge in [-0.3, -0.25) is 9.78 Å². The Labute approximate surface area is 214 Å². The Bertz CT molecular complexity index is 1400. The minimum absolute atomic E-state index is 0.169. The normalized spacial score (nSPS) is 18.6. The first-order valence-corrected chi connectivity index (χ1v) is 12.7. The molecule has 2 aromatic carbocycles. The fourth-order valence-electron chi connectivity index (χ4n) is 3.94. The van der Waals surface area contributed by atoms with Gasteiger partial charge in [0.1, 0.15) is 18.0 Å². The number of pyridine rings is 1. The van der Waals surface area contributed by atoms with Gasteiger partial charge >= 0.3 is 6.18 Å². The maximum atomic E-state index is 14.2. The van der Waals surface area contributed by atoms with Gasteiger partial charge in [0.05, 0.1) is 27.7 Å². The highest BCUT2D eigenvalue weighted by molar-refractivity contribution is 7.89. The van der Waals surface area contributed by atoms with E-state index in [1.54, 1.807) is 0 Å². The van der Waals surface area contributed by atoms with E-state index in [1.165, 1.54) is 24.4 Å². The SMILES string of the molecule is O=C(NCc1cc(-c2ccc(C(F)(F)F)cc2)c(Cl)cn1)[C@@H]1C[C@@H](F)CN1S(=O)(=O)c1ccc(F)cc1. The minimum Gasteiger partial charge on any atom is -0.349 e. The number of hydrogen-bond acceptors (Lipinski definition) is 4. The Morgan fingerprint density at radius 2 is 1.76 bits per heavy atom. The summed E-state index contributed by atoms with van der Waals surface area (Å²) in [5.74, 6) is -1.41. The van der Waals surface area contributed by atoms with Crippen molar-refractivity contribution in [3.05, 3.63) is 82.9 Å². The van der Waals surface area contributed by atoms with Crippen LogP contribution in [0.5, 0.6) is 0 Å². The molecule has 1 aliphatic rings. The number of benzene rings is 2. The van der Waals surface area contributed by atoms with Crippen LogP contribution in [0.2, 0.25) is 5.02 Å². The summed E-state index contributed by atoms with van der Waals surface area (Å²) in [5, 5.41) is 2.69. The number of amides is 1. The number of carbonyl (C=O) groups excluding carboxylic acids is 1. The summed E-state index contributed by atoms with van der Waals surface area (Å²) < 4.78 is 92.6. The van der Waals surface area contributed by atoms with Crippen LogP contribution < -0.4 is 5.32 Å². The van der Waals surface area contributed by atoms with Gasteiger partial charge in [-0.05, 0) is 48.0 Å². The lowest BCUT2D eigenvalue weighted by molar-refractivity contribution is -0.137. The van der Waals surface area contributed by atoms with Crippen LogP contribution in [-0.4, -0.2) is 42.4 Å². The molecule has 1 amide bonds. The first kappa shape index (κ1) is 27.0. The summed E-state index contributed by atoms with van der Waals surface area (Å²) in [7, 11) is -4.28. The molecule has 2 atom stereocenters. The molecule has 3 aromatic rings. The molecule has 0 bridgehead atoms. The molecule has 4 rings (SSSR count). The Hall–Kier alpha value is -3.09. The van der Waals surface area contributed by atoms with E-state index in [2.05, 4.69) is 10.3 Å².